The highest BCUT2D eigenvalue weighted by Gasteiger charge is 2.54. The van der Waals surface area contributed by atoms with Crippen LogP contribution in [0.2, 0.25) is 0 Å². The first-order valence-corrected chi connectivity index (χ1v) is 12.0. The highest BCUT2D eigenvalue weighted by Crippen LogP contribution is 2.41. The molecule has 1 amide bonds. The first-order chi connectivity index (χ1) is 18.1. The van der Waals surface area contributed by atoms with Gasteiger partial charge >= 0.3 is 12.3 Å². The number of amides is 1. The Kier molecular flexibility index (Phi) is 7.31. The zero-order valence-electron chi connectivity index (χ0n) is 22.0. The summed E-state index contributed by atoms with van der Waals surface area (Å²) in [6, 6.07) is 0.400. The van der Waals surface area contributed by atoms with E-state index in [1.54, 1.807) is 20.8 Å². The average Bonchev–Trinajstić information content (AvgIpc) is 3.26. The number of nitrogens with zero attached hydrogens (tertiary/aromatic N) is 6. The van der Waals surface area contributed by atoms with Crippen molar-refractivity contribution in [3.63, 3.8) is 0 Å². The minimum Gasteiger partial charge on any atom is -0.495 e. The van der Waals surface area contributed by atoms with E-state index >= 15 is 0 Å². The molecule has 1 aliphatic rings. The first-order valence-electron chi connectivity index (χ1n) is 12.0. The minimum atomic E-state index is -5.04. The van der Waals surface area contributed by atoms with Gasteiger partial charge in [-0.25, -0.2) is 23.7 Å². The Labute approximate surface area is 221 Å². The van der Waals surface area contributed by atoms with Gasteiger partial charge in [0.15, 0.2) is 5.65 Å². The Morgan fingerprint density at radius 2 is 1.90 bits per heavy atom. The molecule has 1 unspecified atom stereocenters. The molecule has 0 spiro atoms. The van der Waals surface area contributed by atoms with Crippen LogP contribution in [-0.4, -0.2) is 84.9 Å². The number of likely N-dealkylation sites (tertiary alicyclic amines) is 1. The lowest BCUT2D eigenvalue weighted by molar-refractivity contribution is -0.261. The van der Waals surface area contributed by atoms with Crippen LogP contribution in [0.15, 0.2) is 24.7 Å². The van der Waals surface area contributed by atoms with Crippen LogP contribution in [0.1, 0.15) is 39.8 Å². The number of alkyl halides is 4. The Bertz CT molecular complexity index is 1360. The molecule has 1 aliphatic heterocycles. The molecule has 3 aromatic heterocycles. The Balaban J connectivity index is 1.63. The zero-order valence-corrected chi connectivity index (χ0v) is 22.0. The van der Waals surface area contributed by atoms with Crippen LogP contribution in [0.5, 0.6) is 5.75 Å². The summed E-state index contributed by atoms with van der Waals surface area (Å²) in [6.07, 6.45) is -2.79. The molecule has 212 valence electrons. The molecule has 0 aliphatic carbocycles. The van der Waals surface area contributed by atoms with Gasteiger partial charge < -0.3 is 24.8 Å². The van der Waals surface area contributed by atoms with Crippen LogP contribution in [0, 0.1) is 0 Å². The third kappa shape index (κ3) is 5.82. The normalized spacial score (nSPS) is 20.0. The summed E-state index contributed by atoms with van der Waals surface area (Å²) in [7, 11) is 1.15. The maximum absolute atomic E-state index is 14.8. The van der Waals surface area contributed by atoms with Crippen LogP contribution in [0.25, 0.3) is 17.0 Å². The molecule has 3 aromatic rings. The topological polar surface area (TPSA) is 127 Å². The maximum Gasteiger partial charge on any atom is 0.422 e. The number of rotatable bonds is 5. The van der Waals surface area contributed by atoms with E-state index in [0.717, 1.165) is 11.6 Å². The van der Waals surface area contributed by atoms with Crippen LogP contribution < -0.4 is 10.1 Å². The highest BCUT2D eigenvalue weighted by atomic mass is 19.4. The van der Waals surface area contributed by atoms with Crippen molar-refractivity contribution in [2.45, 2.75) is 63.7 Å². The highest BCUT2D eigenvalue weighted by molar-refractivity contribution is 5.68. The summed E-state index contributed by atoms with van der Waals surface area (Å²) in [6.45, 7) is 6.00. The first kappa shape index (κ1) is 28.3. The number of hydrogen-bond donors (Lipinski definition) is 2. The molecule has 15 heteroatoms. The number of aliphatic hydroxyl groups is 1. The van der Waals surface area contributed by atoms with Crippen molar-refractivity contribution in [3.8, 4) is 17.1 Å². The summed E-state index contributed by atoms with van der Waals surface area (Å²) in [5.41, 5.74) is -4.33. The van der Waals surface area contributed by atoms with E-state index in [4.69, 9.17) is 9.47 Å². The van der Waals surface area contributed by atoms with Gasteiger partial charge in [0, 0.05) is 19.2 Å². The molecule has 1 saturated heterocycles. The van der Waals surface area contributed by atoms with Crippen molar-refractivity contribution in [2.75, 3.05) is 25.5 Å². The fraction of sp³-hybridized carbons (Fsp3) is 0.542. The lowest BCUT2D eigenvalue weighted by Gasteiger charge is -2.36. The third-order valence-electron chi connectivity index (χ3n) is 6.10. The fourth-order valence-corrected chi connectivity index (χ4v) is 4.00. The maximum atomic E-state index is 14.8. The number of fused-ring (bicyclic) bond motifs is 1. The number of carbonyl (C=O) groups excluding carboxylic acids is 1. The number of aromatic nitrogens is 5. The van der Waals surface area contributed by atoms with Gasteiger partial charge in [0.05, 0.1) is 31.7 Å². The molecule has 0 aromatic carbocycles. The number of anilines is 1. The van der Waals surface area contributed by atoms with E-state index < -0.39 is 41.4 Å². The van der Waals surface area contributed by atoms with Gasteiger partial charge in [-0.05, 0) is 34.1 Å². The largest absolute Gasteiger partial charge is 0.495 e. The molecule has 2 N–H and O–H groups in total. The molecule has 3 atom stereocenters. The van der Waals surface area contributed by atoms with Crippen molar-refractivity contribution in [1.82, 2.24) is 29.5 Å². The molecule has 0 bridgehead atoms. The van der Waals surface area contributed by atoms with E-state index in [0.29, 0.717) is 6.92 Å². The second-order valence-electron chi connectivity index (χ2n) is 10.3. The van der Waals surface area contributed by atoms with Crippen LogP contribution in [-0.2, 0) is 10.3 Å². The number of methoxy groups -OCH3 is 1. The molecule has 39 heavy (non-hydrogen) atoms. The van der Waals surface area contributed by atoms with Gasteiger partial charge in [-0.15, -0.1) is 0 Å². The van der Waals surface area contributed by atoms with Crippen LogP contribution >= 0.6 is 0 Å². The molecule has 4 rings (SSSR count). The quantitative estimate of drug-likeness (QED) is 0.453. The van der Waals surface area contributed by atoms with Crippen LogP contribution in [0.4, 0.5) is 28.2 Å². The second kappa shape index (κ2) is 10.1. The Hall–Kier alpha value is -3.75. The predicted octanol–water partition coefficient (Wildman–Crippen LogP) is 3.72. The molecule has 4 heterocycles. The van der Waals surface area contributed by atoms with Gasteiger partial charge in [-0.3, -0.25) is 4.98 Å². The number of ether oxygens (including phenoxy) is 2. The van der Waals surface area contributed by atoms with Crippen molar-refractivity contribution in [2.24, 2.45) is 0 Å². The summed E-state index contributed by atoms with van der Waals surface area (Å²) in [5, 5.41) is 17.2. The van der Waals surface area contributed by atoms with Gasteiger partial charge in [0.25, 0.3) is 0 Å². The van der Waals surface area contributed by atoms with Crippen molar-refractivity contribution in [1.29, 1.82) is 0 Å². The summed E-state index contributed by atoms with van der Waals surface area (Å²) in [4.78, 5) is 26.6. The lowest BCUT2D eigenvalue weighted by Crippen LogP contribution is -2.52. The SMILES string of the molecule is COc1cc2ncc(-c3cncc(N[C@H]4CN(C(=O)OC(C)(C)C)CC[C@@H]4F)n3)n2nc1C(C)(O)C(F)(F)F. The van der Waals surface area contributed by atoms with E-state index in [2.05, 4.69) is 25.4 Å². The van der Waals surface area contributed by atoms with Crippen molar-refractivity contribution >= 4 is 17.6 Å². The average molecular weight is 556 g/mol. The van der Waals surface area contributed by atoms with Gasteiger partial charge in [-0.1, -0.05) is 0 Å². The molecular formula is C24H29F4N7O4. The van der Waals surface area contributed by atoms with Gasteiger partial charge in [-0.2, -0.15) is 18.3 Å². The summed E-state index contributed by atoms with van der Waals surface area (Å²) < 4.78 is 67.0. The molecule has 0 saturated carbocycles. The summed E-state index contributed by atoms with van der Waals surface area (Å²) in [5.74, 6) is -0.138. The number of imidazole rings is 1. The van der Waals surface area contributed by atoms with E-state index in [1.165, 1.54) is 29.6 Å². The minimum absolute atomic E-state index is 0.0227. The third-order valence-corrected chi connectivity index (χ3v) is 6.10. The van der Waals surface area contributed by atoms with E-state index in [1.807, 2.05) is 0 Å². The Morgan fingerprint density at radius 3 is 2.54 bits per heavy atom. The predicted molar refractivity (Wildman–Crippen MR) is 131 cm³/mol. The smallest absolute Gasteiger partial charge is 0.422 e. The number of piperidine rings is 1. The molecular weight excluding hydrogens is 526 g/mol. The fourth-order valence-electron chi connectivity index (χ4n) is 4.00. The summed E-state index contributed by atoms with van der Waals surface area (Å²) >= 11 is 0. The van der Waals surface area contributed by atoms with E-state index in [-0.39, 0.29) is 48.1 Å². The Morgan fingerprint density at radius 1 is 1.18 bits per heavy atom. The standard InChI is InChI=1S/C24H29F4N7O4/c1-22(2,3)39-21(36)34-7-6-13(25)15(12-34)32-18-11-29-9-14(31-18)16-10-30-19-8-17(38-5)20(33-35(16)19)23(4,37)24(26,27)28/h8-11,13,15,37H,6-7,12H2,1-5H3,(H,31,32)/t13-,15-,23?/m0/s1. The van der Waals surface area contributed by atoms with Gasteiger partial charge in [0.1, 0.15) is 40.4 Å². The number of hydrogen-bond acceptors (Lipinski definition) is 9. The molecule has 0 radical (unpaired) electrons. The van der Waals surface area contributed by atoms with E-state index in [9.17, 15) is 27.5 Å². The molecule has 1 fully saturated rings. The number of nitrogens with one attached hydrogen (secondary N) is 1. The van der Waals surface area contributed by atoms with Crippen molar-refractivity contribution in [3.05, 3.63) is 30.4 Å². The monoisotopic (exact) mass is 555 g/mol. The number of carbonyl (C=O) groups is 1. The zero-order chi connectivity index (χ0) is 28.8. The second-order valence-corrected chi connectivity index (χ2v) is 10.3. The van der Waals surface area contributed by atoms with Crippen LogP contribution in [0.3, 0.4) is 0 Å². The van der Waals surface area contributed by atoms with Crippen molar-refractivity contribution < 1.29 is 36.9 Å². The number of halogens is 4. The molecule has 11 nitrogen and oxygen atoms in total. The van der Waals surface area contributed by atoms with Gasteiger partial charge in [0.2, 0.25) is 5.60 Å². The lowest BCUT2D eigenvalue weighted by atomic mass is 10.0.